The molecule has 1 N–H and O–H groups in total. The van der Waals surface area contributed by atoms with Crippen LogP contribution in [0.15, 0.2) is 12.6 Å². The van der Waals surface area contributed by atoms with Gasteiger partial charge in [0.05, 0.1) is 0 Å². The van der Waals surface area contributed by atoms with Crippen LogP contribution in [0.1, 0.15) is 13.8 Å². The van der Waals surface area contributed by atoms with Crippen molar-refractivity contribution in [2.24, 2.45) is 0 Å². The van der Waals surface area contributed by atoms with Crippen molar-refractivity contribution in [3.63, 3.8) is 0 Å². The molecule has 0 aliphatic rings. The first-order valence-electron chi connectivity index (χ1n) is 2.73. The predicted molar refractivity (Wildman–Crippen MR) is 40.4 cm³/mol. The van der Waals surface area contributed by atoms with Crippen LogP contribution in [0.25, 0.3) is 0 Å². The zero-order valence-electron chi connectivity index (χ0n) is 5.77. The monoisotopic (exact) mass is 123 g/mol. The molecule has 48 valence electrons. The van der Waals surface area contributed by atoms with Crippen LogP contribution in [-0.2, 0) is 4.79 Å². The Morgan fingerprint density at radius 3 is 2.56 bits per heavy atom. The van der Waals surface area contributed by atoms with Crippen LogP contribution in [0.5, 0.6) is 0 Å². The van der Waals surface area contributed by atoms with Gasteiger partial charge < -0.3 is 0 Å². The van der Waals surface area contributed by atoms with Crippen molar-refractivity contribution in [1.29, 1.82) is 0 Å². The standard InChI is InChI=1S/C6H10BNO/c1-4-7-5(2)8-6(3)9/h4H,1H2,2-3H3,(H,8,9). The van der Waals surface area contributed by atoms with Gasteiger partial charge >= 0.3 is 54.9 Å². The number of amides is 1. The third-order valence-electron chi connectivity index (χ3n) is 0.741. The van der Waals surface area contributed by atoms with E-state index in [1.807, 2.05) is 6.92 Å². The zero-order valence-corrected chi connectivity index (χ0v) is 5.77. The van der Waals surface area contributed by atoms with E-state index in [-0.39, 0.29) is 5.91 Å². The second kappa shape index (κ2) is 4.07. The van der Waals surface area contributed by atoms with Gasteiger partial charge in [0.1, 0.15) is 0 Å². The van der Waals surface area contributed by atoms with Gasteiger partial charge in [-0.15, -0.1) is 0 Å². The molecule has 0 aliphatic heterocycles. The predicted octanol–water partition coefficient (Wildman–Crippen LogP) is 0.120. The molecular formula is C6H10BNO. The minimum absolute atomic E-state index is 0.0504. The molecule has 0 saturated carbocycles. The normalized spacial score (nSPS) is 9.78. The van der Waals surface area contributed by atoms with Crippen molar-refractivity contribution in [2.45, 2.75) is 13.8 Å². The molecular weight excluding hydrogens is 113 g/mol. The molecule has 0 aromatic heterocycles. The molecule has 0 unspecified atom stereocenters. The Morgan fingerprint density at radius 2 is 2.22 bits per heavy atom. The first-order chi connectivity index (χ1) is 4.16. The molecule has 0 aromatic rings. The topological polar surface area (TPSA) is 29.1 Å². The van der Waals surface area contributed by atoms with E-state index in [4.69, 9.17) is 0 Å². The van der Waals surface area contributed by atoms with E-state index in [2.05, 4.69) is 11.9 Å². The summed E-state index contributed by atoms with van der Waals surface area (Å²) in [6, 6.07) is 0. The molecule has 9 heavy (non-hydrogen) atoms. The molecule has 0 saturated heterocycles. The summed E-state index contributed by atoms with van der Waals surface area (Å²) in [7, 11) is 0. The first-order valence-corrected chi connectivity index (χ1v) is 2.73. The Balaban J connectivity index is 3.75. The van der Waals surface area contributed by atoms with Crippen molar-refractivity contribution in [3.8, 4) is 0 Å². The second-order valence-corrected chi connectivity index (χ2v) is 1.77. The molecule has 1 amide bonds. The van der Waals surface area contributed by atoms with E-state index in [0.717, 1.165) is 5.59 Å². The van der Waals surface area contributed by atoms with Gasteiger partial charge in [-0.05, 0) is 0 Å². The summed E-state index contributed by atoms with van der Waals surface area (Å²) in [5.41, 5.74) is 0.817. The van der Waals surface area contributed by atoms with Gasteiger partial charge in [-0.3, -0.25) is 0 Å². The molecule has 0 aliphatic carbocycles. The van der Waals surface area contributed by atoms with Gasteiger partial charge in [0.25, 0.3) is 0 Å². The molecule has 0 heterocycles. The Bertz CT molecular complexity index is 151. The molecule has 3 heteroatoms. The SMILES string of the molecule is C=CB=C(C)NC(C)=O. The molecule has 0 aromatic carbocycles. The van der Waals surface area contributed by atoms with E-state index in [0.29, 0.717) is 0 Å². The van der Waals surface area contributed by atoms with Crippen molar-refractivity contribution in [1.82, 2.24) is 5.32 Å². The number of rotatable bonds is 2. The number of hydrogen-bond donors (Lipinski definition) is 1. The fraction of sp³-hybridized carbons (Fsp3) is 0.333. The number of carbonyl (C=O) groups excluding carboxylic acids is 1. The van der Waals surface area contributed by atoms with E-state index in [1.54, 1.807) is 12.9 Å². The van der Waals surface area contributed by atoms with Crippen LogP contribution in [0.2, 0.25) is 0 Å². The van der Waals surface area contributed by atoms with Crippen LogP contribution in [0.4, 0.5) is 0 Å². The first kappa shape index (κ1) is 8.14. The van der Waals surface area contributed by atoms with E-state index in [1.165, 1.54) is 6.92 Å². The molecule has 0 radical (unpaired) electrons. The van der Waals surface area contributed by atoms with Gasteiger partial charge in [0.15, 0.2) is 0 Å². The van der Waals surface area contributed by atoms with Crippen LogP contribution in [0, 0.1) is 0 Å². The van der Waals surface area contributed by atoms with Gasteiger partial charge in [-0.2, -0.15) is 0 Å². The Kier molecular flexibility index (Phi) is 3.68. The molecule has 0 fully saturated rings. The van der Waals surface area contributed by atoms with Gasteiger partial charge in [0, 0.05) is 0 Å². The Labute approximate surface area is 55.9 Å². The van der Waals surface area contributed by atoms with Crippen LogP contribution >= 0.6 is 0 Å². The third kappa shape index (κ3) is 5.01. The summed E-state index contributed by atoms with van der Waals surface area (Å²) in [6.45, 7) is 8.50. The molecule has 2 nitrogen and oxygen atoms in total. The summed E-state index contributed by atoms with van der Waals surface area (Å²) in [5, 5.41) is 2.59. The zero-order chi connectivity index (χ0) is 7.28. The maximum atomic E-state index is 10.3. The molecule has 0 rings (SSSR count). The fourth-order valence-corrected chi connectivity index (χ4v) is 0.496. The van der Waals surface area contributed by atoms with E-state index < -0.39 is 0 Å². The van der Waals surface area contributed by atoms with Crippen LogP contribution < -0.4 is 5.32 Å². The minimum atomic E-state index is -0.0504. The van der Waals surface area contributed by atoms with Crippen molar-refractivity contribution >= 4 is 18.4 Å². The molecule has 0 spiro atoms. The third-order valence-corrected chi connectivity index (χ3v) is 0.741. The van der Waals surface area contributed by atoms with E-state index in [9.17, 15) is 4.79 Å². The van der Waals surface area contributed by atoms with Crippen molar-refractivity contribution in [2.75, 3.05) is 0 Å². The van der Waals surface area contributed by atoms with E-state index >= 15 is 0 Å². The summed E-state index contributed by atoms with van der Waals surface area (Å²) < 4.78 is 0. The van der Waals surface area contributed by atoms with Crippen molar-refractivity contribution in [3.05, 3.63) is 12.6 Å². The van der Waals surface area contributed by atoms with Crippen LogP contribution in [0.3, 0.4) is 0 Å². The number of carbonyl (C=O) groups is 1. The maximum absolute atomic E-state index is 10.3. The van der Waals surface area contributed by atoms with Gasteiger partial charge in [0.2, 0.25) is 0 Å². The molecule has 0 atom stereocenters. The second-order valence-electron chi connectivity index (χ2n) is 1.77. The number of hydrogen-bond acceptors (Lipinski definition) is 1. The summed E-state index contributed by atoms with van der Waals surface area (Å²) in [5.74, 6) is 1.58. The quantitative estimate of drug-likeness (QED) is 0.519. The summed E-state index contributed by atoms with van der Waals surface area (Å²) in [6.07, 6.45) is 0. The van der Waals surface area contributed by atoms with Crippen molar-refractivity contribution < 1.29 is 4.79 Å². The van der Waals surface area contributed by atoms with Crippen LogP contribution in [-0.4, -0.2) is 18.4 Å². The molecule has 0 bridgehead atoms. The average molecular weight is 123 g/mol. The van der Waals surface area contributed by atoms with Gasteiger partial charge in [-0.25, -0.2) is 0 Å². The summed E-state index contributed by atoms with van der Waals surface area (Å²) in [4.78, 5) is 10.3. The Hall–Kier alpha value is -0.855. The fourth-order valence-electron chi connectivity index (χ4n) is 0.496. The average Bonchev–Trinajstić information content (AvgIpc) is 1.63. The van der Waals surface area contributed by atoms with Gasteiger partial charge in [-0.1, -0.05) is 0 Å². The number of nitrogens with one attached hydrogen (secondary N) is 1. The summed E-state index contributed by atoms with van der Waals surface area (Å²) >= 11 is 0. The Morgan fingerprint density at radius 1 is 1.67 bits per heavy atom.